The lowest BCUT2D eigenvalue weighted by molar-refractivity contribution is 1.01. The fraction of sp³-hybridized carbons (Fsp3) is 0. The van der Waals surface area contributed by atoms with Gasteiger partial charge in [-0.3, -0.25) is 4.57 Å². The highest BCUT2D eigenvalue weighted by molar-refractivity contribution is 6.19. The summed E-state index contributed by atoms with van der Waals surface area (Å²) in [5, 5.41) is 5.87. The number of hydrogen-bond donors (Lipinski definition) is 0. The van der Waals surface area contributed by atoms with Crippen molar-refractivity contribution in [3.05, 3.63) is 133 Å². The molecule has 0 unspecified atom stereocenters. The molecule has 4 nitrogen and oxygen atoms in total. The van der Waals surface area contributed by atoms with Crippen LogP contribution in [0.1, 0.15) is 0 Å². The summed E-state index contributed by atoms with van der Waals surface area (Å²) in [4.78, 5) is 13.0. The Morgan fingerprint density at radius 1 is 0.500 bits per heavy atom. The summed E-state index contributed by atoms with van der Waals surface area (Å²) >= 11 is 0. The van der Waals surface area contributed by atoms with Gasteiger partial charge in [-0.15, -0.1) is 0 Å². The molecule has 2 aromatic heterocycles. The lowest BCUT2D eigenvalue weighted by Gasteiger charge is -2.32. The number of aromatic nitrogens is 3. The largest absolute Gasteiger partial charge is 0.309 e. The van der Waals surface area contributed by atoms with E-state index in [4.69, 9.17) is 9.97 Å². The fourth-order valence-corrected chi connectivity index (χ4v) is 6.43. The van der Waals surface area contributed by atoms with Gasteiger partial charge >= 0.3 is 0 Å². The van der Waals surface area contributed by atoms with Crippen LogP contribution in [0.3, 0.4) is 0 Å². The van der Waals surface area contributed by atoms with Gasteiger partial charge in [-0.05, 0) is 41.8 Å². The van der Waals surface area contributed by atoms with Gasteiger partial charge in [-0.1, -0.05) is 97.1 Å². The molecule has 8 aromatic rings. The molecule has 1 aliphatic heterocycles. The number of para-hydroxylation sites is 3. The van der Waals surface area contributed by atoms with E-state index in [-0.39, 0.29) is 0 Å². The predicted molar refractivity (Wildman–Crippen MR) is 165 cm³/mol. The second-order valence-corrected chi connectivity index (χ2v) is 10.3. The molecule has 0 fully saturated rings. The van der Waals surface area contributed by atoms with Crippen molar-refractivity contribution >= 4 is 60.5 Å². The van der Waals surface area contributed by atoms with Crippen LogP contribution in [0.2, 0.25) is 0 Å². The number of nitrogens with zero attached hydrogens (tertiary/aromatic N) is 4. The van der Waals surface area contributed by atoms with Gasteiger partial charge in [0.1, 0.15) is 0 Å². The third kappa shape index (κ3) is 2.85. The molecule has 0 saturated carbocycles. The third-order valence-corrected chi connectivity index (χ3v) is 8.10. The molecular weight excluding hydrogens is 488 g/mol. The van der Waals surface area contributed by atoms with Gasteiger partial charge in [-0.25, -0.2) is 9.97 Å². The van der Waals surface area contributed by atoms with Gasteiger partial charge in [0, 0.05) is 27.4 Å². The number of benzene rings is 6. The van der Waals surface area contributed by atoms with Gasteiger partial charge in [-0.2, -0.15) is 0 Å². The van der Waals surface area contributed by atoms with Crippen LogP contribution in [-0.2, 0) is 0 Å². The average molecular weight is 511 g/mol. The zero-order chi connectivity index (χ0) is 26.2. The van der Waals surface area contributed by atoms with Crippen molar-refractivity contribution in [3.8, 4) is 17.2 Å². The van der Waals surface area contributed by atoms with E-state index >= 15 is 0 Å². The smallest absolute Gasteiger partial charge is 0.235 e. The number of anilines is 3. The highest BCUT2D eigenvalue weighted by atomic mass is 15.2. The van der Waals surface area contributed by atoms with Crippen LogP contribution in [0, 0.1) is 0 Å². The van der Waals surface area contributed by atoms with Crippen molar-refractivity contribution < 1.29 is 0 Å². The summed E-state index contributed by atoms with van der Waals surface area (Å²) in [6.07, 6.45) is 0. The predicted octanol–water partition coefficient (Wildman–Crippen LogP) is 9.33. The maximum atomic E-state index is 5.38. The minimum atomic E-state index is 0.685. The van der Waals surface area contributed by atoms with Crippen LogP contribution >= 0.6 is 0 Å². The van der Waals surface area contributed by atoms with Crippen LogP contribution in [-0.4, -0.2) is 14.5 Å². The molecule has 6 aromatic carbocycles. The van der Waals surface area contributed by atoms with Gasteiger partial charge in [0.25, 0.3) is 0 Å². The molecule has 0 amide bonds. The fourth-order valence-electron chi connectivity index (χ4n) is 6.43. The maximum absolute atomic E-state index is 5.38. The lowest BCUT2D eigenvalue weighted by atomic mass is 9.96. The Morgan fingerprint density at radius 2 is 1.25 bits per heavy atom. The van der Waals surface area contributed by atoms with E-state index < -0.39 is 0 Å². The quantitative estimate of drug-likeness (QED) is 0.232. The molecule has 0 bridgehead atoms. The second-order valence-electron chi connectivity index (χ2n) is 10.3. The first-order chi connectivity index (χ1) is 19.9. The summed E-state index contributed by atoms with van der Waals surface area (Å²) in [5.41, 5.74) is 8.56. The Kier molecular flexibility index (Phi) is 4.30. The van der Waals surface area contributed by atoms with E-state index in [0.29, 0.717) is 5.95 Å². The molecule has 40 heavy (non-hydrogen) atoms. The van der Waals surface area contributed by atoms with Crippen molar-refractivity contribution in [2.24, 2.45) is 0 Å². The van der Waals surface area contributed by atoms with Crippen molar-refractivity contribution in [2.45, 2.75) is 0 Å². The Morgan fingerprint density at radius 3 is 2.17 bits per heavy atom. The lowest BCUT2D eigenvalue weighted by Crippen LogP contribution is -2.16. The number of fused-ring (bicyclic) bond motifs is 7. The molecule has 3 heterocycles. The van der Waals surface area contributed by atoms with Gasteiger partial charge < -0.3 is 4.90 Å². The monoisotopic (exact) mass is 510 g/mol. The maximum Gasteiger partial charge on any atom is 0.235 e. The molecular formula is C36H22N4. The zero-order valence-corrected chi connectivity index (χ0v) is 21.5. The highest BCUT2D eigenvalue weighted by Crippen LogP contribution is 2.50. The number of hydrogen-bond acceptors (Lipinski definition) is 3. The van der Waals surface area contributed by atoms with E-state index in [0.717, 1.165) is 50.3 Å². The molecule has 0 spiro atoms. The molecule has 4 heteroatoms. The minimum absolute atomic E-state index is 0.685. The minimum Gasteiger partial charge on any atom is -0.309 e. The van der Waals surface area contributed by atoms with Gasteiger partial charge in [0.05, 0.1) is 39.0 Å². The van der Waals surface area contributed by atoms with Gasteiger partial charge in [0.2, 0.25) is 5.95 Å². The summed E-state index contributed by atoms with van der Waals surface area (Å²) in [6, 6.07) is 47.0. The average Bonchev–Trinajstić information content (AvgIpc) is 3.37. The van der Waals surface area contributed by atoms with Crippen LogP contribution in [0.25, 0.3) is 60.7 Å². The first kappa shape index (κ1) is 21.5. The second kappa shape index (κ2) is 8.01. The van der Waals surface area contributed by atoms with Crippen molar-refractivity contribution in [3.63, 3.8) is 0 Å². The first-order valence-corrected chi connectivity index (χ1v) is 13.5. The normalized spacial score (nSPS) is 12.4. The van der Waals surface area contributed by atoms with E-state index in [1.165, 1.54) is 21.5 Å². The standard InChI is InChI=1S/C36H22N4/c1-2-12-24(13-3-1)39-31-19-9-7-16-28(31)34-33-29(17-10-20-32(33)39)37-36(38-34)40-30-18-8-6-15-26(30)27-22-21-23-11-4-5-14-25(23)35(27)40/h1-22H. The zero-order valence-electron chi connectivity index (χ0n) is 21.5. The van der Waals surface area contributed by atoms with Crippen LogP contribution < -0.4 is 4.90 Å². The van der Waals surface area contributed by atoms with Gasteiger partial charge in [0.15, 0.2) is 0 Å². The Balaban J connectivity index is 1.42. The molecule has 0 aliphatic carbocycles. The summed E-state index contributed by atoms with van der Waals surface area (Å²) < 4.78 is 2.25. The van der Waals surface area contributed by atoms with Crippen molar-refractivity contribution in [2.75, 3.05) is 4.90 Å². The van der Waals surface area contributed by atoms with Crippen LogP contribution in [0.4, 0.5) is 17.1 Å². The molecule has 186 valence electrons. The summed E-state index contributed by atoms with van der Waals surface area (Å²) in [5.74, 6) is 0.685. The van der Waals surface area contributed by atoms with Crippen LogP contribution in [0.5, 0.6) is 0 Å². The summed E-state index contributed by atoms with van der Waals surface area (Å²) in [7, 11) is 0. The molecule has 1 aliphatic rings. The molecule has 0 radical (unpaired) electrons. The Hall–Kier alpha value is -5.48. The highest BCUT2D eigenvalue weighted by Gasteiger charge is 2.28. The third-order valence-electron chi connectivity index (χ3n) is 8.10. The Labute approximate surface area is 230 Å². The van der Waals surface area contributed by atoms with E-state index in [9.17, 15) is 0 Å². The molecule has 0 atom stereocenters. The van der Waals surface area contributed by atoms with Crippen molar-refractivity contribution in [1.29, 1.82) is 0 Å². The van der Waals surface area contributed by atoms with Crippen LogP contribution in [0.15, 0.2) is 133 Å². The van der Waals surface area contributed by atoms with E-state index in [2.05, 4.69) is 143 Å². The molecule has 0 saturated heterocycles. The summed E-state index contributed by atoms with van der Waals surface area (Å²) in [6.45, 7) is 0. The van der Waals surface area contributed by atoms with E-state index in [1.54, 1.807) is 0 Å². The number of rotatable bonds is 2. The van der Waals surface area contributed by atoms with E-state index in [1.807, 2.05) is 0 Å². The topological polar surface area (TPSA) is 34.0 Å². The van der Waals surface area contributed by atoms with Crippen molar-refractivity contribution in [1.82, 2.24) is 14.5 Å². The SMILES string of the molecule is c1ccc(N2c3ccccc3-c3nc(-n4c5ccccc5c5ccc6ccccc6c54)nc4cccc2c34)cc1. The molecule has 0 N–H and O–H groups in total. The molecule has 9 rings (SSSR count). The Bertz CT molecular complexity index is 2280. The first-order valence-electron chi connectivity index (χ1n) is 13.5.